The fourth-order valence-corrected chi connectivity index (χ4v) is 1.89. The summed E-state index contributed by atoms with van der Waals surface area (Å²) in [6.07, 6.45) is 3.76. The highest BCUT2D eigenvalue weighted by Gasteiger charge is 2.29. The highest BCUT2D eigenvalue weighted by atomic mass is 16.6. The Kier molecular flexibility index (Phi) is 8.96. The van der Waals surface area contributed by atoms with Crippen molar-refractivity contribution in [1.82, 2.24) is 0 Å². The Labute approximate surface area is 132 Å². The maximum Gasteiger partial charge on any atom is 0.320 e. The average Bonchev–Trinajstić information content (AvgIpc) is 2.54. The lowest BCUT2D eigenvalue weighted by Gasteiger charge is -2.15. The van der Waals surface area contributed by atoms with E-state index in [0.29, 0.717) is 19.6 Å². The number of esters is 2. The van der Waals surface area contributed by atoms with Crippen LogP contribution in [0.3, 0.4) is 0 Å². The molecule has 0 aromatic heterocycles. The quantitative estimate of drug-likeness (QED) is 0.378. The Morgan fingerprint density at radius 2 is 1.50 bits per heavy atom. The van der Waals surface area contributed by atoms with E-state index in [1.807, 2.05) is 26.0 Å². The van der Waals surface area contributed by atoms with Gasteiger partial charge in [0.25, 0.3) is 0 Å². The summed E-state index contributed by atoms with van der Waals surface area (Å²) >= 11 is 0. The zero-order chi connectivity index (χ0) is 16.2. The number of hydrogen-bond donors (Lipinski definition) is 0. The second-order valence-corrected chi connectivity index (χ2v) is 5.21. The van der Waals surface area contributed by atoms with Crippen molar-refractivity contribution in [2.24, 2.45) is 5.92 Å². The van der Waals surface area contributed by atoms with Crippen molar-refractivity contribution in [3.05, 3.63) is 35.9 Å². The van der Waals surface area contributed by atoms with E-state index in [9.17, 15) is 9.59 Å². The molecule has 0 aliphatic rings. The molecule has 0 unspecified atom stereocenters. The molecule has 0 bridgehead atoms. The molecule has 0 aliphatic heterocycles. The van der Waals surface area contributed by atoms with Gasteiger partial charge in [-0.3, -0.25) is 9.59 Å². The Morgan fingerprint density at radius 3 is 1.95 bits per heavy atom. The molecule has 0 fully saturated rings. The molecule has 4 heteroatoms. The van der Waals surface area contributed by atoms with Crippen molar-refractivity contribution in [2.45, 2.75) is 46.0 Å². The monoisotopic (exact) mass is 305 g/mol. The van der Waals surface area contributed by atoms with E-state index in [1.165, 1.54) is 0 Å². The summed E-state index contributed by atoms with van der Waals surface area (Å²) in [7, 11) is 0. The molecule has 0 saturated heterocycles. The van der Waals surface area contributed by atoms with E-state index in [4.69, 9.17) is 9.47 Å². The molecule has 0 aliphatic carbocycles. The van der Waals surface area contributed by atoms with Gasteiger partial charge < -0.3 is 9.47 Å². The molecule has 0 heterocycles. The van der Waals surface area contributed by atoms with Gasteiger partial charge in [-0.15, -0.1) is 0 Å². The Balaban J connectivity index is 2.66. The average molecular weight is 305 g/mol. The second-order valence-electron chi connectivity index (χ2n) is 5.21. The minimum Gasteiger partial charge on any atom is -0.465 e. The van der Waals surface area contributed by atoms with Crippen molar-refractivity contribution < 1.29 is 19.1 Å². The van der Waals surface area contributed by atoms with Crippen LogP contribution >= 0.6 is 0 Å². The number of carbonyl (C=O) groups is 2. The van der Waals surface area contributed by atoms with Crippen LogP contribution in [0.5, 0.6) is 0 Å². The standard InChI is InChI=1S/C18H25O4/c1-3-5-12-21-17(19)16(18(20)22-13-6-4-2)14-15-10-8-7-9-11-15/h8-11,16H,3-6,12-14H2,1-2H3. The number of unbranched alkanes of at least 4 members (excludes halogenated alkanes) is 2. The number of rotatable bonds is 10. The molecule has 0 atom stereocenters. The van der Waals surface area contributed by atoms with Crippen LogP contribution in [0.25, 0.3) is 0 Å². The van der Waals surface area contributed by atoms with Gasteiger partial charge in [-0.05, 0) is 30.9 Å². The predicted molar refractivity (Wildman–Crippen MR) is 84.2 cm³/mol. The predicted octanol–water partition coefficient (Wildman–Crippen LogP) is 3.33. The van der Waals surface area contributed by atoms with Gasteiger partial charge in [0.15, 0.2) is 5.92 Å². The molecule has 0 amide bonds. The summed E-state index contributed by atoms with van der Waals surface area (Å²) in [6, 6.07) is 10.1. The van der Waals surface area contributed by atoms with Gasteiger partial charge in [-0.1, -0.05) is 51.0 Å². The van der Waals surface area contributed by atoms with Crippen molar-refractivity contribution in [3.63, 3.8) is 0 Å². The molecule has 0 spiro atoms. The molecular weight excluding hydrogens is 280 g/mol. The maximum atomic E-state index is 12.2. The van der Waals surface area contributed by atoms with Crippen LogP contribution in [0.4, 0.5) is 0 Å². The first-order chi connectivity index (χ1) is 10.7. The lowest BCUT2D eigenvalue weighted by molar-refractivity contribution is -0.162. The van der Waals surface area contributed by atoms with Crippen LogP contribution in [0, 0.1) is 12.0 Å². The highest BCUT2D eigenvalue weighted by Crippen LogP contribution is 2.13. The first-order valence-corrected chi connectivity index (χ1v) is 7.97. The zero-order valence-corrected chi connectivity index (χ0v) is 13.5. The lowest BCUT2D eigenvalue weighted by Crippen LogP contribution is -2.30. The third kappa shape index (κ3) is 6.74. The summed E-state index contributed by atoms with van der Waals surface area (Å²) in [4.78, 5) is 24.3. The number of benzene rings is 1. The molecule has 1 aromatic carbocycles. The third-order valence-corrected chi connectivity index (χ3v) is 3.28. The Hall–Kier alpha value is -1.84. The Morgan fingerprint density at radius 1 is 1.00 bits per heavy atom. The zero-order valence-electron chi connectivity index (χ0n) is 13.5. The van der Waals surface area contributed by atoms with Crippen molar-refractivity contribution in [3.8, 4) is 0 Å². The summed E-state index contributed by atoms with van der Waals surface area (Å²) in [5.74, 6) is -1.89. The minimum absolute atomic E-state index is 0.296. The van der Waals surface area contributed by atoms with E-state index in [1.54, 1.807) is 12.1 Å². The van der Waals surface area contributed by atoms with E-state index < -0.39 is 17.9 Å². The van der Waals surface area contributed by atoms with E-state index in [0.717, 1.165) is 31.2 Å². The maximum absolute atomic E-state index is 12.2. The van der Waals surface area contributed by atoms with E-state index in [-0.39, 0.29) is 0 Å². The molecular formula is C18H25O4. The van der Waals surface area contributed by atoms with E-state index >= 15 is 0 Å². The fraction of sp³-hybridized carbons (Fsp3) is 0.556. The normalized spacial score (nSPS) is 10.5. The molecule has 1 aromatic rings. The molecule has 1 radical (unpaired) electrons. The molecule has 22 heavy (non-hydrogen) atoms. The molecule has 0 N–H and O–H groups in total. The van der Waals surface area contributed by atoms with Crippen LogP contribution in [0.15, 0.2) is 24.3 Å². The van der Waals surface area contributed by atoms with Gasteiger partial charge in [0.2, 0.25) is 0 Å². The topological polar surface area (TPSA) is 52.6 Å². The summed E-state index contributed by atoms with van der Waals surface area (Å²) < 4.78 is 10.4. The fourth-order valence-electron chi connectivity index (χ4n) is 1.89. The van der Waals surface area contributed by atoms with Crippen LogP contribution in [-0.2, 0) is 25.5 Å². The molecule has 0 saturated carbocycles. The highest BCUT2D eigenvalue weighted by molar-refractivity contribution is 5.95. The van der Waals surface area contributed by atoms with Gasteiger partial charge in [0.1, 0.15) is 0 Å². The van der Waals surface area contributed by atoms with Crippen LogP contribution in [0.2, 0.25) is 0 Å². The SMILES string of the molecule is CCCCOC(=O)C(Cc1cc[c]cc1)C(=O)OCCCC. The number of carbonyl (C=O) groups excluding carboxylic acids is 2. The first kappa shape index (κ1) is 18.2. The van der Waals surface area contributed by atoms with Crippen LogP contribution < -0.4 is 0 Å². The third-order valence-electron chi connectivity index (χ3n) is 3.28. The number of hydrogen-bond acceptors (Lipinski definition) is 4. The molecule has 1 rings (SSSR count). The minimum atomic E-state index is -0.892. The lowest BCUT2D eigenvalue weighted by atomic mass is 9.99. The van der Waals surface area contributed by atoms with Crippen molar-refractivity contribution in [1.29, 1.82) is 0 Å². The largest absolute Gasteiger partial charge is 0.465 e. The summed E-state index contributed by atoms with van der Waals surface area (Å²) in [6.45, 7) is 4.73. The van der Waals surface area contributed by atoms with Gasteiger partial charge in [-0.2, -0.15) is 0 Å². The number of ether oxygens (including phenoxy) is 2. The van der Waals surface area contributed by atoms with Crippen molar-refractivity contribution >= 4 is 11.9 Å². The van der Waals surface area contributed by atoms with Crippen molar-refractivity contribution in [2.75, 3.05) is 13.2 Å². The molecule has 121 valence electrons. The second kappa shape index (κ2) is 10.8. The van der Waals surface area contributed by atoms with Gasteiger partial charge >= 0.3 is 11.9 Å². The van der Waals surface area contributed by atoms with Gasteiger partial charge in [0.05, 0.1) is 13.2 Å². The first-order valence-electron chi connectivity index (χ1n) is 7.97. The van der Waals surface area contributed by atoms with Crippen LogP contribution in [-0.4, -0.2) is 25.2 Å². The van der Waals surface area contributed by atoms with E-state index in [2.05, 4.69) is 6.07 Å². The molecule has 4 nitrogen and oxygen atoms in total. The van der Waals surface area contributed by atoms with Gasteiger partial charge in [0, 0.05) is 0 Å². The van der Waals surface area contributed by atoms with Gasteiger partial charge in [-0.25, -0.2) is 0 Å². The summed E-state index contributed by atoms with van der Waals surface area (Å²) in [5.41, 5.74) is 0.892. The smallest absolute Gasteiger partial charge is 0.320 e. The van der Waals surface area contributed by atoms with Crippen LogP contribution in [0.1, 0.15) is 45.1 Å². The summed E-state index contributed by atoms with van der Waals surface area (Å²) in [5, 5.41) is 0. The Bertz CT molecular complexity index is 420.